The molecule has 2 aromatic heterocycles. The van der Waals surface area contributed by atoms with Crippen LogP contribution in [0.5, 0.6) is 0 Å². The second-order valence-corrected chi connectivity index (χ2v) is 3.40. The Morgan fingerprint density at radius 3 is 2.87 bits per heavy atom. The van der Waals surface area contributed by atoms with E-state index in [9.17, 15) is 0 Å². The van der Waals surface area contributed by atoms with Crippen molar-refractivity contribution in [1.29, 1.82) is 0 Å². The van der Waals surface area contributed by atoms with E-state index in [2.05, 4.69) is 19.9 Å². The molecule has 78 valence electrons. The average molecular weight is 202 g/mol. The van der Waals surface area contributed by atoms with E-state index in [-0.39, 0.29) is 0 Å². The highest BCUT2D eigenvalue weighted by atomic mass is 15.0. The van der Waals surface area contributed by atoms with Crippen LogP contribution in [-0.2, 0) is 6.54 Å². The summed E-state index contributed by atoms with van der Waals surface area (Å²) in [5, 5.41) is 3.03. The number of hydrogen-bond donors (Lipinski definition) is 1. The third kappa shape index (κ3) is 2.15. The SMILES string of the molecule is CNc1cc(Cn2ccnc2C)ccn1. The van der Waals surface area contributed by atoms with Gasteiger partial charge in [0.15, 0.2) is 0 Å². The number of nitrogens with zero attached hydrogens (tertiary/aromatic N) is 3. The molecule has 2 heterocycles. The molecule has 0 aliphatic heterocycles. The van der Waals surface area contributed by atoms with E-state index in [0.717, 1.165) is 18.2 Å². The van der Waals surface area contributed by atoms with E-state index in [1.807, 2.05) is 44.7 Å². The van der Waals surface area contributed by atoms with Crippen molar-refractivity contribution in [3.63, 3.8) is 0 Å². The van der Waals surface area contributed by atoms with Gasteiger partial charge in [-0.15, -0.1) is 0 Å². The first-order valence-corrected chi connectivity index (χ1v) is 4.90. The van der Waals surface area contributed by atoms with Crippen LogP contribution < -0.4 is 5.32 Å². The minimum atomic E-state index is 0.836. The lowest BCUT2D eigenvalue weighted by Crippen LogP contribution is -2.02. The van der Waals surface area contributed by atoms with Gasteiger partial charge in [0.05, 0.1) is 0 Å². The maximum atomic E-state index is 4.19. The quantitative estimate of drug-likeness (QED) is 0.823. The Bertz CT molecular complexity index is 447. The fraction of sp³-hybridized carbons (Fsp3) is 0.273. The molecule has 0 fully saturated rings. The predicted molar refractivity (Wildman–Crippen MR) is 59.8 cm³/mol. The number of anilines is 1. The molecule has 2 rings (SSSR count). The van der Waals surface area contributed by atoms with Crippen LogP contribution >= 0.6 is 0 Å². The van der Waals surface area contributed by atoms with E-state index in [0.29, 0.717) is 0 Å². The summed E-state index contributed by atoms with van der Waals surface area (Å²) >= 11 is 0. The Morgan fingerprint density at radius 1 is 1.33 bits per heavy atom. The molecule has 0 amide bonds. The average Bonchev–Trinajstić information content (AvgIpc) is 2.65. The highest BCUT2D eigenvalue weighted by molar-refractivity contribution is 5.36. The van der Waals surface area contributed by atoms with E-state index >= 15 is 0 Å². The Hall–Kier alpha value is -1.84. The first-order valence-electron chi connectivity index (χ1n) is 4.90. The molecule has 0 saturated carbocycles. The molecule has 0 saturated heterocycles. The van der Waals surface area contributed by atoms with Gasteiger partial charge in [0.2, 0.25) is 0 Å². The lowest BCUT2D eigenvalue weighted by atomic mass is 10.2. The van der Waals surface area contributed by atoms with Crippen LogP contribution in [0.3, 0.4) is 0 Å². The zero-order chi connectivity index (χ0) is 10.7. The molecule has 4 heteroatoms. The first kappa shape index (κ1) is 9.71. The number of pyridine rings is 1. The van der Waals surface area contributed by atoms with Crippen LogP contribution in [0.1, 0.15) is 11.4 Å². The number of imidazole rings is 1. The maximum Gasteiger partial charge on any atom is 0.125 e. The van der Waals surface area contributed by atoms with Gasteiger partial charge in [0.25, 0.3) is 0 Å². The zero-order valence-electron chi connectivity index (χ0n) is 8.94. The summed E-state index contributed by atoms with van der Waals surface area (Å²) in [6.07, 6.45) is 5.61. The van der Waals surface area contributed by atoms with Crippen molar-refractivity contribution in [2.24, 2.45) is 0 Å². The van der Waals surface area contributed by atoms with Crippen LogP contribution in [0.2, 0.25) is 0 Å². The lowest BCUT2D eigenvalue weighted by molar-refractivity contribution is 0.761. The van der Waals surface area contributed by atoms with Gasteiger partial charge >= 0.3 is 0 Å². The van der Waals surface area contributed by atoms with E-state index < -0.39 is 0 Å². The Morgan fingerprint density at radius 2 is 2.20 bits per heavy atom. The van der Waals surface area contributed by atoms with E-state index in [4.69, 9.17) is 0 Å². The number of nitrogens with one attached hydrogen (secondary N) is 1. The molecule has 0 aromatic carbocycles. The maximum absolute atomic E-state index is 4.19. The molecule has 0 spiro atoms. The molecule has 1 N–H and O–H groups in total. The number of aryl methyl sites for hydroxylation is 1. The molecular formula is C11H14N4. The molecule has 0 atom stereocenters. The van der Waals surface area contributed by atoms with Crippen molar-refractivity contribution >= 4 is 5.82 Å². The summed E-state index contributed by atoms with van der Waals surface area (Å²) in [6.45, 7) is 2.84. The summed E-state index contributed by atoms with van der Waals surface area (Å²) in [4.78, 5) is 8.36. The van der Waals surface area contributed by atoms with Gasteiger partial charge in [-0.3, -0.25) is 0 Å². The molecular weight excluding hydrogens is 188 g/mol. The number of hydrogen-bond acceptors (Lipinski definition) is 3. The minimum absolute atomic E-state index is 0.836. The third-order valence-corrected chi connectivity index (χ3v) is 2.36. The van der Waals surface area contributed by atoms with E-state index in [1.165, 1.54) is 5.56 Å². The van der Waals surface area contributed by atoms with Crippen LogP contribution in [0.15, 0.2) is 30.7 Å². The fourth-order valence-electron chi connectivity index (χ4n) is 1.48. The van der Waals surface area contributed by atoms with Crippen LogP contribution in [0, 0.1) is 6.92 Å². The molecule has 0 unspecified atom stereocenters. The van der Waals surface area contributed by atoms with Crippen LogP contribution in [0.25, 0.3) is 0 Å². The molecule has 0 bridgehead atoms. The number of aromatic nitrogens is 3. The topological polar surface area (TPSA) is 42.7 Å². The van der Waals surface area contributed by atoms with Crippen LogP contribution in [0.4, 0.5) is 5.82 Å². The molecule has 0 radical (unpaired) electrons. The van der Waals surface area contributed by atoms with Gasteiger partial charge in [0, 0.05) is 32.2 Å². The van der Waals surface area contributed by atoms with Crippen molar-refractivity contribution < 1.29 is 0 Å². The van der Waals surface area contributed by atoms with Gasteiger partial charge < -0.3 is 9.88 Å². The molecule has 0 aliphatic rings. The lowest BCUT2D eigenvalue weighted by Gasteiger charge is -2.06. The summed E-state index contributed by atoms with van der Waals surface area (Å²) in [7, 11) is 1.87. The molecule has 2 aromatic rings. The van der Waals surface area contributed by atoms with Gasteiger partial charge in [-0.05, 0) is 24.6 Å². The second-order valence-electron chi connectivity index (χ2n) is 3.40. The van der Waals surface area contributed by atoms with Gasteiger partial charge in [0.1, 0.15) is 11.6 Å². The van der Waals surface area contributed by atoms with Crippen molar-refractivity contribution in [1.82, 2.24) is 14.5 Å². The van der Waals surface area contributed by atoms with Gasteiger partial charge in [-0.25, -0.2) is 9.97 Å². The second kappa shape index (κ2) is 4.13. The first-order chi connectivity index (χ1) is 7.29. The Labute approximate surface area is 89.0 Å². The monoisotopic (exact) mass is 202 g/mol. The van der Waals surface area contributed by atoms with Crippen LogP contribution in [-0.4, -0.2) is 21.6 Å². The van der Waals surface area contributed by atoms with Crippen molar-refractivity contribution in [3.8, 4) is 0 Å². The van der Waals surface area contributed by atoms with Crippen molar-refractivity contribution in [2.45, 2.75) is 13.5 Å². The molecule has 15 heavy (non-hydrogen) atoms. The summed E-state index contributed by atoms with van der Waals surface area (Å²) < 4.78 is 2.11. The summed E-state index contributed by atoms with van der Waals surface area (Å²) in [6, 6.07) is 4.06. The Balaban J connectivity index is 2.21. The van der Waals surface area contributed by atoms with Gasteiger partial charge in [-0.1, -0.05) is 0 Å². The van der Waals surface area contributed by atoms with Gasteiger partial charge in [-0.2, -0.15) is 0 Å². The zero-order valence-corrected chi connectivity index (χ0v) is 8.94. The highest BCUT2D eigenvalue weighted by Crippen LogP contribution is 2.08. The number of rotatable bonds is 3. The standard InChI is InChI=1S/C11H14N4/c1-9-13-5-6-15(9)8-10-3-4-14-11(7-10)12-2/h3-7H,8H2,1-2H3,(H,12,14). The molecule has 0 aliphatic carbocycles. The fourth-order valence-corrected chi connectivity index (χ4v) is 1.48. The molecule has 4 nitrogen and oxygen atoms in total. The largest absolute Gasteiger partial charge is 0.373 e. The van der Waals surface area contributed by atoms with Crippen molar-refractivity contribution in [2.75, 3.05) is 12.4 Å². The van der Waals surface area contributed by atoms with E-state index in [1.54, 1.807) is 0 Å². The summed E-state index contributed by atoms with van der Waals surface area (Å²) in [5.74, 6) is 1.92. The summed E-state index contributed by atoms with van der Waals surface area (Å²) in [5.41, 5.74) is 1.22. The smallest absolute Gasteiger partial charge is 0.125 e. The third-order valence-electron chi connectivity index (χ3n) is 2.36. The highest BCUT2D eigenvalue weighted by Gasteiger charge is 1.99. The predicted octanol–water partition coefficient (Wildman–Crippen LogP) is 1.68. The minimum Gasteiger partial charge on any atom is -0.373 e. The van der Waals surface area contributed by atoms with Crippen molar-refractivity contribution in [3.05, 3.63) is 42.1 Å². The normalized spacial score (nSPS) is 10.3. The Kier molecular flexibility index (Phi) is 2.67.